The second-order valence-corrected chi connectivity index (χ2v) is 7.06. The Bertz CT molecular complexity index is 1000. The molecule has 7 nitrogen and oxygen atoms in total. The lowest BCUT2D eigenvalue weighted by atomic mass is 10.1. The van der Waals surface area contributed by atoms with Crippen LogP contribution in [0.5, 0.6) is 5.75 Å². The number of halogens is 3. The number of benzene rings is 1. The predicted octanol–water partition coefficient (Wildman–Crippen LogP) is 4.61. The van der Waals surface area contributed by atoms with E-state index in [4.69, 9.17) is 0 Å². The summed E-state index contributed by atoms with van der Waals surface area (Å²) in [5.74, 6) is 0.346. The van der Waals surface area contributed by atoms with Crippen LogP contribution in [0.2, 0.25) is 0 Å². The van der Waals surface area contributed by atoms with Crippen molar-refractivity contribution >= 4 is 17.5 Å². The van der Waals surface area contributed by atoms with Gasteiger partial charge < -0.3 is 20.5 Å². The van der Waals surface area contributed by atoms with Crippen LogP contribution in [0, 0.1) is 5.92 Å². The van der Waals surface area contributed by atoms with Crippen LogP contribution in [0.3, 0.4) is 0 Å². The van der Waals surface area contributed by atoms with Crippen LogP contribution in [0.4, 0.5) is 30.6 Å². The maximum absolute atomic E-state index is 12.5. The molecule has 10 heteroatoms. The lowest BCUT2D eigenvalue weighted by Gasteiger charge is -2.20. The largest absolute Gasteiger partial charge is 0.573 e. The number of aromatic nitrogens is 3. The number of aliphatic hydroxyl groups excluding tert-OH is 1. The second kappa shape index (κ2) is 9.61. The van der Waals surface area contributed by atoms with E-state index in [1.807, 2.05) is 19.9 Å². The number of ether oxygens (including phenoxy) is 1. The van der Waals surface area contributed by atoms with E-state index in [0.717, 1.165) is 0 Å². The standard InChI is InChI=1S/C21H22F3N5O2/c1-13(2)18(12-30)28-20-27-17(16-8-3-4-9-25-16)11-19(29-20)26-14-6-5-7-15(10-14)31-21(22,23)24/h3-11,13,18,30H,12H2,1-2H3,(H2,26,27,28,29)/t18-/m1/s1. The smallest absolute Gasteiger partial charge is 0.406 e. The molecule has 1 aromatic carbocycles. The van der Waals surface area contributed by atoms with E-state index >= 15 is 0 Å². The van der Waals surface area contributed by atoms with Gasteiger partial charge in [0.05, 0.1) is 24.0 Å². The third-order valence-electron chi connectivity index (χ3n) is 4.31. The first-order chi connectivity index (χ1) is 14.7. The summed E-state index contributed by atoms with van der Waals surface area (Å²) >= 11 is 0. The van der Waals surface area contributed by atoms with Crippen molar-refractivity contribution in [2.75, 3.05) is 17.2 Å². The van der Waals surface area contributed by atoms with Crippen LogP contribution in [-0.2, 0) is 0 Å². The number of alkyl halides is 3. The molecule has 1 atom stereocenters. The molecule has 31 heavy (non-hydrogen) atoms. The normalized spacial score (nSPS) is 12.5. The van der Waals surface area contributed by atoms with Crippen molar-refractivity contribution in [2.24, 2.45) is 5.92 Å². The van der Waals surface area contributed by atoms with E-state index in [2.05, 4.69) is 30.3 Å². The van der Waals surface area contributed by atoms with Gasteiger partial charge in [0.25, 0.3) is 0 Å². The molecule has 0 aliphatic carbocycles. The summed E-state index contributed by atoms with van der Waals surface area (Å²) < 4.78 is 41.5. The fourth-order valence-corrected chi connectivity index (χ4v) is 2.73. The van der Waals surface area contributed by atoms with Crippen LogP contribution >= 0.6 is 0 Å². The second-order valence-electron chi connectivity index (χ2n) is 7.06. The number of rotatable bonds is 8. The molecule has 0 aliphatic heterocycles. The third-order valence-corrected chi connectivity index (χ3v) is 4.31. The maximum atomic E-state index is 12.5. The van der Waals surface area contributed by atoms with Gasteiger partial charge in [0, 0.05) is 24.0 Å². The van der Waals surface area contributed by atoms with Crippen molar-refractivity contribution < 1.29 is 23.0 Å². The quantitative estimate of drug-likeness (QED) is 0.478. The summed E-state index contributed by atoms with van der Waals surface area (Å²) in [6.45, 7) is 3.78. The van der Waals surface area contributed by atoms with E-state index < -0.39 is 6.36 Å². The number of aliphatic hydroxyl groups is 1. The van der Waals surface area contributed by atoms with Gasteiger partial charge in [0.2, 0.25) is 5.95 Å². The van der Waals surface area contributed by atoms with Crippen molar-refractivity contribution in [3.05, 3.63) is 54.7 Å². The van der Waals surface area contributed by atoms with Gasteiger partial charge in [-0.05, 0) is 30.2 Å². The van der Waals surface area contributed by atoms with E-state index in [-0.39, 0.29) is 30.3 Å². The molecule has 0 bridgehead atoms. The topological polar surface area (TPSA) is 92.2 Å². The number of hydrogen-bond acceptors (Lipinski definition) is 7. The van der Waals surface area contributed by atoms with Gasteiger partial charge in [-0.1, -0.05) is 26.0 Å². The van der Waals surface area contributed by atoms with Gasteiger partial charge in [-0.15, -0.1) is 13.2 Å². The highest BCUT2D eigenvalue weighted by Gasteiger charge is 2.31. The zero-order chi connectivity index (χ0) is 22.4. The summed E-state index contributed by atoms with van der Waals surface area (Å²) in [6.07, 6.45) is -3.16. The van der Waals surface area contributed by atoms with Crippen LogP contribution in [0.25, 0.3) is 11.4 Å². The fourth-order valence-electron chi connectivity index (χ4n) is 2.73. The van der Waals surface area contributed by atoms with E-state index in [1.54, 1.807) is 30.5 Å². The lowest BCUT2D eigenvalue weighted by Crippen LogP contribution is -2.30. The van der Waals surface area contributed by atoms with E-state index in [9.17, 15) is 18.3 Å². The molecule has 0 spiro atoms. The van der Waals surface area contributed by atoms with Gasteiger partial charge >= 0.3 is 6.36 Å². The molecule has 0 radical (unpaired) electrons. The molecular weight excluding hydrogens is 411 g/mol. The highest BCUT2D eigenvalue weighted by molar-refractivity contribution is 5.66. The number of anilines is 3. The van der Waals surface area contributed by atoms with Gasteiger partial charge in [-0.3, -0.25) is 4.98 Å². The third kappa shape index (κ3) is 6.54. The Hall–Kier alpha value is -3.40. The van der Waals surface area contributed by atoms with Gasteiger partial charge in [0.1, 0.15) is 11.6 Å². The van der Waals surface area contributed by atoms with Crippen molar-refractivity contribution in [3.8, 4) is 17.1 Å². The molecule has 2 heterocycles. The molecule has 2 aromatic heterocycles. The Balaban J connectivity index is 1.93. The summed E-state index contributed by atoms with van der Waals surface area (Å²) in [6, 6.07) is 12.2. The first kappa shape index (κ1) is 22.3. The minimum Gasteiger partial charge on any atom is -0.406 e. The Kier molecular flexibility index (Phi) is 6.91. The molecular formula is C21H22F3N5O2. The first-order valence-corrected chi connectivity index (χ1v) is 9.54. The number of nitrogens with one attached hydrogen (secondary N) is 2. The SMILES string of the molecule is CC(C)[C@@H](CO)Nc1nc(Nc2cccc(OC(F)(F)F)c2)cc(-c2ccccn2)n1. The molecule has 0 aliphatic rings. The molecule has 0 amide bonds. The average molecular weight is 433 g/mol. The zero-order valence-electron chi connectivity index (χ0n) is 16.9. The van der Waals surface area contributed by atoms with Crippen LogP contribution < -0.4 is 15.4 Å². The monoisotopic (exact) mass is 433 g/mol. The van der Waals surface area contributed by atoms with Crippen molar-refractivity contribution in [2.45, 2.75) is 26.3 Å². The Morgan fingerprint density at radius 2 is 1.84 bits per heavy atom. The number of hydrogen-bond donors (Lipinski definition) is 3. The summed E-state index contributed by atoms with van der Waals surface area (Å²) in [7, 11) is 0. The van der Waals surface area contributed by atoms with Crippen LogP contribution in [0.1, 0.15) is 13.8 Å². The van der Waals surface area contributed by atoms with Crippen molar-refractivity contribution in [1.29, 1.82) is 0 Å². The van der Waals surface area contributed by atoms with Crippen molar-refractivity contribution in [3.63, 3.8) is 0 Å². The molecule has 3 rings (SSSR count). The van der Waals surface area contributed by atoms with Gasteiger partial charge in [-0.25, -0.2) is 4.98 Å². The first-order valence-electron chi connectivity index (χ1n) is 9.54. The fraction of sp³-hybridized carbons (Fsp3) is 0.286. The molecule has 3 N–H and O–H groups in total. The molecule has 0 unspecified atom stereocenters. The minimum absolute atomic E-state index is 0.111. The average Bonchev–Trinajstić information content (AvgIpc) is 2.71. The van der Waals surface area contributed by atoms with E-state index in [1.165, 1.54) is 18.2 Å². The summed E-state index contributed by atoms with van der Waals surface area (Å²) in [5, 5.41) is 15.7. The maximum Gasteiger partial charge on any atom is 0.573 e. The molecule has 0 saturated carbocycles. The Labute approximate surface area is 177 Å². The van der Waals surface area contributed by atoms with Crippen molar-refractivity contribution in [1.82, 2.24) is 15.0 Å². The summed E-state index contributed by atoms with van der Waals surface area (Å²) in [4.78, 5) is 13.2. The molecule has 164 valence electrons. The zero-order valence-corrected chi connectivity index (χ0v) is 16.9. The predicted molar refractivity (Wildman–Crippen MR) is 111 cm³/mol. The number of nitrogens with zero attached hydrogens (tertiary/aromatic N) is 3. The molecule has 3 aromatic rings. The highest BCUT2D eigenvalue weighted by atomic mass is 19.4. The Morgan fingerprint density at radius 1 is 1.03 bits per heavy atom. The Morgan fingerprint density at radius 3 is 2.48 bits per heavy atom. The molecule has 0 fully saturated rings. The lowest BCUT2D eigenvalue weighted by molar-refractivity contribution is -0.274. The number of pyridine rings is 1. The van der Waals surface area contributed by atoms with Gasteiger partial charge in [-0.2, -0.15) is 4.98 Å². The highest BCUT2D eigenvalue weighted by Crippen LogP contribution is 2.28. The van der Waals surface area contributed by atoms with Crippen LogP contribution in [-0.4, -0.2) is 39.1 Å². The molecule has 0 saturated heterocycles. The van der Waals surface area contributed by atoms with E-state index in [0.29, 0.717) is 22.9 Å². The van der Waals surface area contributed by atoms with Gasteiger partial charge in [0.15, 0.2) is 0 Å². The summed E-state index contributed by atoms with van der Waals surface area (Å²) in [5.41, 5.74) is 1.44. The van der Waals surface area contributed by atoms with Crippen LogP contribution in [0.15, 0.2) is 54.7 Å². The minimum atomic E-state index is -4.78.